The van der Waals surface area contributed by atoms with Crippen molar-refractivity contribution >= 4 is 28.9 Å². The molecule has 2 aromatic rings. The Morgan fingerprint density at radius 1 is 1.14 bits per heavy atom. The van der Waals surface area contributed by atoms with Crippen molar-refractivity contribution in [1.29, 1.82) is 0 Å². The van der Waals surface area contributed by atoms with Crippen LogP contribution in [-0.2, 0) is 43.5 Å². The quantitative estimate of drug-likeness (QED) is 0.525. The third-order valence-corrected chi connectivity index (χ3v) is 5.21. The first-order valence-corrected chi connectivity index (χ1v) is 9.88. The van der Waals surface area contributed by atoms with Crippen molar-refractivity contribution in [2.24, 2.45) is 0 Å². The van der Waals surface area contributed by atoms with Crippen LogP contribution in [0.5, 0.6) is 5.75 Å². The van der Waals surface area contributed by atoms with E-state index in [1.165, 1.54) is 20.1 Å². The molecule has 3 rings (SSSR count). The molecule has 0 N–H and O–H groups in total. The fourth-order valence-electron chi connectivity index (χ4n) is 3.94. The molecule has 1 atom stereocenters. The van der Waals surface area contributed by atoms with Gasteiger partial charge >= 0.3 is 17.9 Å². The Labute approximate surface area is 169 Å². The Kier molecular flexibility index (Phi) is 6.25. The molecule has 0 amide bonds. The lowest BCUT2D eigenvalue weighted by molar-refractivity contribution is -0.143. The maximum atomic E-state index is 12.1. The van der Waals surface area contributed by atoms with E-state index in [1.54, 1.807) is 6.92 Å². The van der Waals surface area contributed by atoms with E-state index in [0.29, 0.717) is 22.3 Å². The van der Waals surface area contributed by atoms with Crippen LogP contribution >= 0.6 is 0 Å². The number of carbonyl (C=O) groups excluding carboxylic acids is 3. The van der Waals surface area contributed by atoms with E-state index in [1.807, 2.05) is 0 Å². The molecule has 7 heteroatoms. The highest BCUT2D eigenvalue weighted by atomic mass is 16.5. The summed E-state index contributed by atoms with van der Waals surface area (Å²) < 4.78 is 22.0. The lowest BCUT2D eigenvalue weighted by atomic mass is 9.79. The molecule has 1 aliphatic rings. The number of rotatable bonds is 6. The maximum Gasteiger partial charge on any atom is 0.311 e. The van der Waals surface area contributed by atoms with Crippen LogP contribution in [0.2, 0.25) is 0 Å². The SMILES string of the molecule is CCC(=O)Oc1c2c(c(COC(C)=O)c3c(COC(C)=O)coc13)C(C)CCC2. The van der Waals surface area contributed by atoms with E-state index in [0.717, 1.165) is 36.0 Å². The Balaban J connectivity index is 2.27. The highest BCUT2D eigenvalue weighted by molar-refractivity contribution is 5.94. The van der Waals surface area contributed by atoms with Gasteiger partial charge in [0.25, 0.3) is 0 Å². The maximum absolute atomic E-state index is 12.1. The van der Waals surface area contributed by atoms with Crippen molar-refractivity contribution in [3.8, 4) is 5.75 Å². The van der Waals surface area contributed by atoms with Crippen molar-refractivity contribution in [3.63, 3.8) is 0 Å². The highest BCUT2D eigenvalue weighted by Gasteiger charge is 2.31. The van der Waals surface area contributed by atoms with Crippen LogP contribution in [0.3, 0.4) is 0 Å². The molecule has 29 heavy (non-hydrogen) atoms. The zero-order valence-corrected chi connectivity index (χ0v) is 17.3. The summed E-state index contributed by atoms with van der Waals surface area (Å²) in [6.07, 6.45) is 4.43. The minimum absolute atomic E-state index is 0.0176. The third-order valence-electron chi connectivity index (χ3n) is 5.21. The summed E-state index contributed by atoms with van der Waals surface area (Å²) in [6.45, 7) is 6.63. The van der Waals surface area contributed by atoms with Crippen molar-refractivity contribution in [2.45, 2.75) is 72.5 Å². The molecule has 0 fully saturated rings. The van der Waals surface area contributed by atoms with E-state index in [4.69, 9.17) is 18.6 Å². The van der Waals surface area contributed by atoms with Gasteiger partial charge in [0.05, 0.1) is 6.26 Å². The smallest absolute Gasteiger partial charge is 0.311 e. The molecule has 156 valence electrons. The molecule has 1 unspecified atom stereocenters. The van der Waals surface area contributed by atoms with Gasteiger partial charge in [0.1, 0.15) is 13.2 Å². The zero-order valence-electron chi connectivity index (χ0n) is 17.3. The van der Waals surface area contributed by atoms with Gasteiger partial charge in [-0.05, 0) is 30.7 Å². The molecular formula is C22H26O7. The van der Waals surface area contributed by atoms with Crippen molar-refractivity contribution < 1.29 is 33.0 Å². The number of hydrogen-bond acceptors (Lipinski definition) is 7. The topological polar surface area (TPSA) is 92.0 Å². The van der Waals surface area contributed by atoms with Crippen LogP contribution in [-0.4, -0.2) is 17.9 Å². The third kappa shape index (κ3) is 4.28. The molecule has 1 aromatic carbocycles. The first-order chi connectivity index (χ1) is 13.8. The lowest BCUT2D eigenvalue weighted by Gasteiger charge is -2.28. The van der Waals surface area contributed by atoms with Crippen LogP contribution in [0.4, 0.5) is 0 Å². The number of carbonyl (C=O) groups is 3. The Hall–Kier alpha value is -2.83. The fraction of sp³-hybridized carbons (Fsp3) is 0.500. The molecule has 7 nitrogen and oxygen atoms in total. The second-order valence-electron chi connectivity index (χ2n) is 7.35. The summed E-state index contributed by atoms with van der Waals surface area (Å²) in [7, 11) is 0. The molecule has 1 aliphatic carbocycles. The standard InChI is InChI=1S/C22H26O7/c1-5-18(25)29-21-16-8-6-7-12(2)19(16)17(11-27-14(4)24)20-15(9-26-13(3)23)10-28-22(20)21/h10,12H,5-9,11H2,1-4H3. The summed E-state index contributed by atoms with van der Waals surface area (Å²) in [4.78, 5) is 34.9. The summed E-state index contributed by atoms with van der Waals surface area (Å²) in [5.41, 5.74) is 3.84. The molecule has 0 saturated heterocycles. The molecule has 0 bridgehead atoms. The number of hydrogen-bond donors (Lipinski definition) is 0. The number of benzene rings is 1. The lowest BCUT2D eigenvalue weighted by Crippen LogP contribution is -2.16. The largest absolute Gasteiger partial charge is 0.461 e. The number of fused-ring (bicyclic) bond motifs is 2. The molecule has 0 aliphatic heterocycles. The Morgan fingerprint density at radius 3 is 2.48 bits per heavy atom. The first-order valence-electron chi connectivity index (χ1n) is 9.88. The van der Waals surface area contributed by atoms with Gasteiger partial charge in [-0.1, -0.05) is 13.8 Å². The van der Waals surface area contributed by atoms with Gasteiger partial charge in [0, 0.05) is 42.3 Å². The Bertz CT molecular complexity index is 954. The fourth-order valence-corrected chi connectivity index (χ4v) is 3.94. The summed E-state index contributed by atoms with van der Waals surface area (Å²) >= 11 is 0. The summed E-state index contributed by atoms with van der Waals surface area (Å²) in [5, 5.41) is 0.680. The molecular weight excluding hydrogens is 376 g/mol. The van der Waals surface area contributed by atoms with Gasteiger partial charge in [0.15, 0.2) is 11.3 Å². The second kappa shape index (κ2) is 8.68. The number of ether oxygens (including phenoxy) is 3. The van der Waals surface area contributed by atoms with E-state index in [2.05, 4.69) is 6.92 Å². The Morgan fingerprint density at radius 2 is 1.83 bits per heavy atom. The van der Waals surface area contributed by atoms with Gasteiger partial charge in [-0.2, -0.15) is 0 Å². The minimum Gasteiger partial charge on any atom is -0.461 e. The predicted molar refractivity (Wildman–Crippen MR) is 104 cm³/mol. The van der Waals surface area contributed by atoms with Gasteiger partial charge in [-0.3, -0.25) is 14.4 Å². The van der Waals surface area contributed by atoms with Crippen LogP contribution in [0.25, 0.3) is 11.0 Å². The molecule has 0 spiro atoms. The van der Waals surface area contributed by atoms with Crippen molar-refractivity contribution in [3.05, 3.63) is 28.5 Å². The van der Waals surface area contributed by atoms with Gasteiger partial charge < -0.3 is 18.6 Å². The van der Waals surface area contributed by atoms with Crippen LogP contribution < -0.4 is 4.74 Å². The normalized spacial score (nSPS) is 15.7. The molecule has 0 radical (unpaired) electrons. The monoisotopic (exact) mass is 402 g/mol. The van der Waals surface area contributed by atoms with Crippen LogP contribution in [0, 0.1) is 0 Å². The average molecular weight is 402 g/mol. The predicted octanol–water partition coefficient (Wildman–Crippen LogP) is 4.31. The zero-order chi connectivity index (χ0) is 21.1. The van der Waals surface area contributed by atoms with Gasteiger partial charge in [0.2, 0.25) is 0 Å². The minimum atomic E-state index is -0.412. The van der Waals surface area contributed by atoms with Crippen molar-refractivity contribution in [1.82, 2.24) is 0 Å². The highest BCUT2D eigenvalue weighted by Crippen LogP contribution is 2.46. The van der Waals surface area contributed by atoms with Crippen molar-refractivity contribution in [2.75, 3.05) is 0 Å². The van der Waals surface area contributed by atoms with Crippen LogP contribution in [0.15, 0.2) is 10.7 Å². The van der Waals surface area contributed by atoms with E-state index in [9.17, 15) is 14.4 Å². The average Bonchev–Trinajstić information content (AvgIpc) is 3.09. The van der Waals surface area contributed by atoms with Gasteiger partial charge in [-0.25, -0.2) is 0 Å². The summed E-state index contributed by atoms with van der Waals surface area (Å²) in [6, 6.07) is 0. The summed E-state index contributed by atoms with van der Waals surface area (Å²) in [5.74, 6) is -0.526. The van der Waals surface area contributed by atoms with Crippen LogP contribution in [0.1, 0.15) is 75.1 Å². The molecule has 1 heterocycles. The second-order valence-corrected chi connectivity index (χ2v) is 7.35. The molecule has 0 saturated carbocycles. The van der Waals surface area contributed by atoms with Gasteiger partial charge in [-0.15, -0.1) is 0 Å². The van der Waals surface area contributed by atoms with E-state index >= 15 is 0 Å². The van der Waals surface area contributed by atoms with E-state index in [-0.39, 0.29) is 37.5 Å². The number of furan rings is 1. The first kappa shape index (κ1) is 20.9. The van der Waals surface area contributed by atoms with E-state index < -0.39 is 5.97 Å². The number of esters is 3. The molecule has 1 aromatic heterocycles.